The van der Waals surface area contributed by atoms with E-state index in [0.717, 1.165) is 16.4 Å². The summed E-state index contributed by atoms with van der Waals surface area (Å²) in [7, 11) is 0. The van der Waals surface area contributed by atoms with E-state index in [4.69, 9.17) is 4.74 Å². The van der Waals surface area contributed by atoms with Crippen LogP contribution in [-0.2, 0) is 24.4 Å². The quantitative estimate of drug-likeness (QED) is 0.710. The molecule has 1 atom stereocenters. The van der Waals surface area contributed by atoms with Crippen LogP contribution in [0.2, 0.25) is 0 Å². The fourth-order valence-electron chi connectivity index (χ4n) is 2.82. The molecular formula is C16H17FN6OS. The van der Waals surface area contributed by atoms with Crippen molar-refractivity contribution in [2.24, 2.45) is 0 Å². The smallest absolute Gasteiger partial charge is 0.225 e. The Morgan fingerprint density at radius 1 is 1.32 bits per heavy atom. The number of anilines is 1. The van der Waals surface area contributed by atoms with Crippen molar-refractivity contribution < 1.29 is 9.13 Å². The fraction of sp³-hybridized carbons (Fsp3) is 0.375. The van der Waals surface area contributed by atoms with E-state index in [0.29, 0.717) is 32.2 Å². The second-order valence-corrected chi connectivity index (χ2v) is 6.94. The summed E-state index contributed by atoms with van der Waals surface area (Å²) in [6, 6.07) is 1.96. The minimum absolute atomic E-state index is 0.100. The molecule has 0 radical (unpaired) electrons. The molecule has 0 N–H and O–H groups in total. The molecule has 0 saturated carbocycles. The van der Waals surface area contributed by atoms with Gasteiger partial charge in [-0.2, -0.15) is 5.10 Å². The number of aryl methyl sites for hydroxylation is 1. The highest BCUT2D eigenvalue weighted by atomic mass is 32.1. The van der Waals surface area contributed by atoms with Crippen LogP contribution >= 0.6 is 11.3 Å². The topological polar surface area (TPSA) is 69.0 Å². The molecule has 3 aromatic rings. The SMILES string of the molecule is Cc1nc(CO[C@@H]2CN(c3ncc(F)cn3)Cc3ccnn3C2)cs1. The fourth-order valence-corrected chi connectivity index (χ4v) is 3.42. The van der Waals surface area contributed by atoms with Crippen LogP contribution in [0.25, 0.3) is 0 Å². The van der Waals surface area contributed by atoms with E-state index in [9.17, 15) is 4.39 Å². The van der Waals surface area contributed by atoms with E-state index in [2.05, 4.69) is 20.1 Å². The molecule has 130 valence electrons. The molecular weight excluding hydrogens is 343 g/mol. The first-order valence-electron chi connectivity index (χ1n) is 7.93. The molecule has 3 aromatic heterocycles. The van der Waals surface area contributed by atoms with Crippen molar-refractivity contribution in [2.45, 2.75) is 32.7 Å². The lowest BCUT2D eigenvalue weighted by Gasteiger charge is -2.23. The monoisotopic (exact) mass is 360 g/mol. The van der Waals surface area contributed by atoms with E-state index in [-0.39, 0.29) is 6.10 Å². The van der Waals surface area contributed by atoms with Gasteiger partial charge in [-0.05, 0) is 13.0 Å². The lowest BCUT2D eigenvalue weighted by molar-refractivity contribution is 0.0323. The van der Waals surface area contributed by atoms with Crippen LogP contribution < -0.4 is 4.90 Å². The number of thiazole rings is 1. The first kappa shape index (κ1) is 16.1. The Balaban J connectivity index is 1.53. The van der Waals surface area contributed by atoms with Crippen molar-refractivity contribution >= 4 is 17.3 Å². The molecule has 25 heavy (non-hydrogen) atoms. The largest absolute Gasteiger partial charge is 0.368 e. The zero-order valence-corrected chi connectivity index (χ0v) is 14.5. The molecule has 9 heteroatoms. The summed E-state index contributed by atoms with van der Waals surface area (Å²) < 4.78 is 21.1. The van der Waals surface area contributed by atoms with E-state index in [1.165, 1.54) is 12.4 Å². The Morgan fingerprint density at radius 2 is 2.16 bits per heavy atom. The van der Waals surface area contributed by atoms with Gasteiger partial charge in [0, 0.05) is 18.1 Å². The zero-order chi connectivity index (χ0) is 17.2. The third-order valence-corrected chi connectivity index (χ3v) is 4.80. The number of hydrogen-bond donors (Lipinski definition) is 0. The molecule has 0 unspecified atom stereocenters. The van der Waals surface area contributed by atoms with Crippen molar-refractivity contribution in [2.75, 3.05) is 11.4 Å². The highest BCUT2D eigenvalue weighted by Crippen LogP contribution is 2.19. The van der Waals surface area contributed by atoms with Gasteiger partial charge in [-0.25, -0.2) is 19.3 Å². The summed E-state index contributed by atoms with van der Waals surface area (Å²) in [5, 5.41) is 7.39. The second kappa shape index (κ2) is 6.85. The zero-order valence-electron chi connectivity index (χ0n) is 13.7. The Bertz CT molecular complexity index is 848. The van der Waals surface area contributed by atoms with Gasteiger partial charge in [0.15, 0.2) is 5.82 Å². The lowest BCUT2D eigenvalue weighted by atomic mass is 10.3. The maximum atomic E-state index is 13.1. The van der Waals surface area contributed by atoms with Crippen LogP contribution in [0.3, 0.4) is 0 Å². The van der Waals surface area contributed by atoms with Gasteiger partial charge in [-0.3, -0.25) is 4.68 Å². The minimum Gasteiger partial charge on any atom is -0.368 e. The summed E-state index contributed by atoms with van der Waals surface area (Å²) in [6.45, 7) is 4.26. The predicted molar refractivity (Wildman–Crippen MR) is 90.7 cm³/mol. The minimum atomic E-state index is -0.449. The molecule has 7 nitrogen and oxygen atoms in total. The Labute approximate surface area is 148 Å². The molecule has 0 saturated heterocycles. The number of halogens is 1. The van der Waals surface area contributed by atoms with Gasteiger partial charge in [0.1, 0.15) is 0 Å². The van der Waals surface area contributed by atoms with E-state index >= 15 is 0 Å². The molecule has 1 aliphatic rings. The average molecular weight is 360 g/mol. The van der Waals surface area contributed by atoms with Crippen LogP contribution in [0, 0.1) is 12.7 Å². The highest BCUT2D eigenvalue weighted by Gasteiger charge is 2.24. The normalized spacial score (nSPS) is 17.4. The molecule has 0 aromatic carbocycles. The van der Waals surface area contributed by atoms with Crippen LogP contribution in [0.5, 0.6) is 0 Å². The summed E-state index contributed by atoms with van der Waals surface area (Å²) in [4.78, 5) is 14.6. The van der Waals surface area contributed by atoms with Gasteiger partial charge in [-0.15, -0.1) is 11.3 Å². The summed E-state index contributed by atoms with van der Waals surface area (Å²) in [5.41, 5.74) is 1.97. The number of fused-ring (bicyclic) bond motifs is 1. The van der Waals surface area contributed by atoms with Crippen molar-refractivity contribution in [3.63, 3.8) is 0 Å². The molecule has 1 aliphatic heterocycles. The Kier molecular flexibility index (Phi) is 4.41. The number of hydrogen-bond acceptors (Lipinski definition) is 7. The average Bonchev–Trinajstić information content (AvgIpc) is 3.18. The predicted octanol–water partition coefficient (Wildman–Crippen LogP) is 2.18. The Hall–Kier alpha value is -2.39. The van der Waals surface area contributed by atoms with Gasteiger partial charge in [0.25, 0.3) is 0 Å². The molecule has 4 rings (SSSR count). The maximum absolute atomic E-state index is 13.1. The van der Waals surface area contributed by atoms with Crippen LogP contribution in [-0.4, -0.2) is 37.4 Å². The molecule has 4 heterocycles. The first-order chi connectivity index (χ1) is 12.2. The van der Waals surface area contributed by atoms with E-state index < -0.39 is 5.82 Å². The summed E-state index contributed by atoms with van der Waals surface area (Å²) >= 11 is 1.61. The van der Waals surface area contributed by atoms with E-state index in [1.807, 2.05) is 28.0 Å². The summed E-state index contributed by atoms with van der Waals surface area (Å²) in [5.74, 6) is 0.0319. The van der Waals surface area contributed by atoms with Gasteiger partial charge in [-0.1, -0.05) is 0 Å². The number of ether oxygens (including phenoxy) is 1. The molecule has 0 bridgehead atoms. The number of nitrogens with zero attached hydrogens (tertiary/aromatic N) is 6. The Morgan fingerprint density at radius 3 is 2.92 bits per heavy atom. The highest BCUT2D eigenvalue weighted by molar-refractivity contribution is 7.09. The van der Waals surface area contributed by atoms with Crippen LogP contribution in [0.1, 0.15) is 16.4 Å². The summed E-state index contributed by atoms with van der Waals surface area (Å²) in [6.07, 6.45) is 4.03. The van der Waals surface area contributed by atoms with E-state index in [1.54, 1.807) is 17.5 Å². The molecule has 0 fully saturated rings. The standard InChI is InChI=1S/C16H17FN6OS/c1-11-21-13(10-25-11)9-24-15-7-22(16-18-4-12(17)5-19-16)6-14-2-3-20-23(14)8-15/h2-5,10,15H,6-9H2,1H3/t15-/m1/s1. The molecule has 0 spiro atoms. The van der Waals surface area contributed by atoms with Gasteiger partial charge >= 0.3 is 0 Å². The van der Waals surface area contributed by atoms with Crippen molar-refractivity contribution in [1.82, 2.24) is 24.7 Å². The van der Waals surface area contributed by atoms with Crippen molar-refractivity contribution in [3.05, 3.63) is 52.2 Å². The molecule has 0 amide bonds. The van der Waals surface area contributed by atoms with Crippen LogP contribution in [0.4, 0.5) is 10.3 Å². The first-order valence-corrected chi connectivity index (χ1v) is 8.81. The third-order valence-electron chi connectivity index (χ3n) is 3.98. The number of aromatic nitrogens is 5. The van der Waals surface area contributed by atoms with Gasteiger partial charge in [0.2, 0.25) is 5.95 Å². The van der Waals surface area contributed by atoms with Gasteiger partial charge in [0.05, 0.1) is 54.6 Å². The number of rotatable bonds is 4. The van der Waals surface area contributed by atoms with Crippen molar-refractivity contribution in [3.8, 4) is 0 Å². The lowest BCUT2D eigenvalue weighted by Crippen LogP contribution is -2.34. The second-order valence-electron chi connectivity index (χ2n) is 5.88. The van der Waals surface area contributed by atoms with Gasteiger partial charge < -0.3 is 9.64 Å². The molecule has 0 aliphatic carbocycles. The maximum Gasteiger partial charge on any atom is 0.225 e. The van der Waals surface area contributed by atoms with Crippen LogP contribution in [0.15, 0.2) is 30.0 Å². The third kappa shape index (κ3) is 3.67. The van der Waals surface area contributed by atoms with Crippen molar-refractivity contribution in [1.29, 1.82) is 0 Å².